The van der Waals surface area contributed by atoms with Crippen LogP contribution in [0.2, 0.25) is 0 Å². The number of para-hydroxylation sites is 1. The van der Waals surface area contributed by atoms with Gasteiger partial charge in [-0.15, -0.1) is 0 Å². The highest BCUT2D eigenvalue weighted by atomic mass is 16.3. The zero-order chi connectivity index (χ0) is 14.7. The van der Waals surface area contributed by atoms with E-state index in [1.165, 1.54) is 0 Å². The lowest BCUT2D eigenvalue weighted by atomic mass is 10.1. The van der Waals surface area contributed by atoms with Gasteiger partial charge in [-0.1, -0.05) is 18.2 Å². The van der Waals surface area contributed by atoms with Crippen LogP contribution < -0.4 is 5.32 Å². The number of hydrogen-bond donors (Lipinski definition) is 2. The maximum absolute atomic E-state index is 12.0. The van der Waals surface area contributed by atoms with Crippen LogP contribution in [0, 0.1) is 6.92 Å². The number of nitrogens with zero attached hydrogens (tertiary/aromatic N) is 1. The summed E-state index contributed by atoms with van der Waals surface area (Å²) in [5, 5.41) is 4.01. The molecule has 0 saturated heterocycles. The Balaban J connectivity index is 1.54. The average Bonchev–Trinajstić information content (AvgIpc) is 3.06. The summed E-state index contributed by atoms with van der Waals surface area (Å²) >= 11 is 0. The molecular weight excluding hydrogens is 266 g/mol. The fraction of sp³-hybridized carbons (Fsp3) is 0.250. The lowest BCUT2D eigenvalue weighted by molar-refractivity contribution is -0.120. The van der Waals surface area contributed by atoms with Gasteiger partial charge in [-0.2, -0.15) is 0 Å². The van der Waals surface area contributed by atoms with Crippen LogP contribution in [0.25, 0.3) is 10.9 Å². The number of fused-ring (bicyclic) bond motifs is 1. The molecule has 0 unspecified atom stereocenters. The third kappa shape index (κ3) is 3.13. The highest BCUT2D eigenvalue weighted by Gasteiger charge is 2.08. The molecule has 5 nitrogen and oxygen atoms in total. The summed E-state index contributed by atoms with van der Waals surface area (Å²) in [7, 11) is 0. The number of benzene rings is 1. The molecule has 2 aromatic heterocycles. The van der Waals surface area contributed by atoms with Crippen molar-refractivity contribution in [1.82, 2.24) is 15.3 Å². The predicted molar refractivity (Wildman–Crippen MR) is 80.0 cm³/mol. The highest BCUT2D eigenvalue weighted by Crippen LogP contribution is 2.17. The van der Waals surface area contributed by atoms with Gasteiger partial charge in [0.2, 0.25) is 5.91 Å². The van der Waals surface area contributed by atoms with E-state index in [1.54, 1.807) is 13.2 Å². The molecule has 3 aromatic rings. The Bertz CT molecular complexity index is 758. The van der Waals surface area contributed by atoms with E-state index in [4.69, 9.17) is 4.42 Å². The van der Waals surface area contributed by atoms with Crippen molar-refractivity contribution in [3.8, 4) is 0 Å². The number of carbonyl (C=O) groups excluding carboxylic acids is 1. The summed E-state index contributed by atoms with van der Waals surface area (Å²) in [5.74, 6) is 0.662. The fourth-order valence-corrected chi connectivity index (χ4v) is 2.37. The predicted octanol–water partition coefficient (Wildman–Crippen LogP) is 2.37. The minimum atomic E-state index is 0.0139. The number of carbonyl (C=O) groups is 1. The summed E-state index contributed by atoms with van der Waals surface area (Å²) in [6, 6.07) is 7.98. The van der Waals surface area contributed by atoms with Crippen LogP contribution in [0.15, 0.2) is 41.1 Å². The lowest BCUT2D eigenvalue weighted by Gasteiger charge is -2.03. The van der Waals surface area contributed by atoms with Gasteiger partial charge in [0.25, 0.3) is 0 Å². The molecule has 0 aliphatic heterocycles. The first kappa shape index (κ1) is 13.4. The van der Waals surface area contributed by atoms with E-state index < -0.39 is 0 Å². The van der Waals surface area contributed by atoms with Crippen LogP contribution in [0.5, 0.6) is 0 Å². The SMILES string of the molecule is Cc1nc(CCNC(=O)Cc2c[nH]c3ccccc23)co1. The Morgan fingerprint density at radius 1 is 1.38 bits per heavy atom. The van der Waals surface area contributed by atoms with E-state index >= 15 is 0 Å². The normalized spacial score (nSPS) is 10.9. The molecule has 1 aromatic carbocycles. The summed E-state index contributed by atoms with van der Waals surface area (Å²) in [4.78, 5) is 19.4. The Morgan fingerprint density at radius 2 is 2.24 bits per heavy atom. The molecule has 0 atom stereocenters. The molecule has 108 valence electrons. The van der Waals surface area contributed by atoms with Crippen molar-refractivity contribution in [3.05, 3.63) is 53.9 Å². The van der Waals surface area contributed by atoms with Gasteiger partial charge in [0.15, 0.2) is 5.89 Å². The van der Waals surface area contributed by atoms with Crippen molar-refractivity contribution >= 4 is 16.8 Å². The van der Waals surface area contributed by atoms with Gasteiger partial charge in [-0.25, -0.2) is 4.98 Å². The van der Waals surface area contributed by atoms with Gasteiger partial charge in [0.05, 0.1) is 12.1 Å². The second kappa shape index (κ2) is 5.83. The van der Waals surface area contributed by atoms with E-state index in [-0.39, 0.29) is 5.91 Å². The second-order valence-corrected chi connectivity index (χ2v) is 4.99. The van der Waals surface area contributed by atoms with Crippen LogP contribution in [0.1, 0.15) is 17.1 Å². The molecule has 3 rings (SSSR count). The molecule has 2 heterocycles. The summed E-state index contributed by atoms with van der Waals surface area (Å²) in [6.45, 7) is 2.37. The molecular formula is C16H17N3O2. The molecule has 0 bridgehead atoms. The monoisotopic (exact) mass is 283 g/mol. The first-order valence-corrected chi connectivity index (χ1v) is 6.95. The first-order valence-electron chi connectivity index (χ1n) is 6.95. The standard InChI is InChI=1S/C16H17N3O2/c1-11-19-13(10-21-11)6-7-17-16(20)8-12-9-18-15-5-3-2-4-14(12)15/h2-5,9-10,18H,6-8H2,1H3,(H,17,20). The van der Waals surface area contributed by atoms with Gasteiger partial charge in [-0.3, -0.25) is 4.79 Å². The number of aromatic amines is 1. The minimum Gasteiger partial charge on any atom is -0.449 e. The maximum atomic E-state index is 12.0. The van der Waals surface area contributed by atoms with Gasteiger partial charge >= 0.3 is 0 Å². The molecule has 0 radical (unpaired) electrons. The number of amides is 1. The third-order valence-corrected chi connectivity index (χ3v) is 3.40. The van der Waals surface area contributed by atoms with Gasteiger partial charge in [0.1, 0.15) is 6.26 Å². The number of rotatable bonds is 5. The van der Waals surface area contributed by atoms with Crippen LogP contribution in [-0.4, -0.2) is 22.4 Å². The van der Waals surface area contributed by atoms with Crippen LogP contribution in [0.3, 0.4) is 0 Å². The highest BCUT2D eigenvalue weighted by molar-refractivity contribution is 5.88. The van der Waals surface area contributed by atoms with Crippen LogP contribution >= 0.6 is 0 Å². The molecule has 0 fully saturated rings. The quantitative estimate of drug-likeness (QED) is 0.755. The molecule has 0 aliphatic carbocycles. The summed E-state index contributed by atoms with van der Waals surface area (Å²) in [6.07, 6.45) is 4.57. The summed E-state index contributed by atoms with van der Waals surface area (Å²) < 4.78 is 5.13. The van der Waals surface area contributed by atoms with Crippen LogP contribution in [-0.2, 0) is 17.6 Å². The van der Waals surface area contributed by atoms with E-state index in [1.807, 2.05) is 30.5 Å². The topological polar surface area (TPSA) is 70.9 Å². The largest absolute Gasteiger partial charge is 0.449 e. The lowest BCUT2D eigenvalue weighted by Crippen LogP contribution is -2.27. The number of oxazole rings is 1. The molecule has 0 spiro atoms. The Kier molecular flexibility index (Phi) is 3.73. The number of H-pyrrole nitrogens is 1. The van der Waals surface area contributed by atoms with Crippen LogP contribution in [0.4, 0.5) is 0 Å². The minimum absolute atomic E-state index is 0.0139. The van der Waals surface area contributed by atoms with Gasteiger partial charge < -0.3 is 14.7 Å². The Morgan fingerprint density at radius 3 is 3.05 bits per heavy atom. The average molecular weight is 283 g/mol. The molecule has 2 N–H and O–H groups in total. The number of hydrogen-bond acceptors (Lipinski definition) is 3. The smallest absolute Gasteiger partial charge is 0.224 e. The first-order chi connectivity index (χ1) is 10.2. The number of nitrogens with one attached hydrogen (secondary N) is 2. The second-order valence-electron chi connectivity index (χ2n) is 4.99. The van der Waals surface area contributed by atoms with Crippen molar-refractivity contribution in [3.63, 3.8) is 0 Å². The zero-order valence-electron chi connectivity index (χ0n) is 11.8. The third-order valence-electron chi connectivity index (χ3n) is 3.40. The van der Waals surface area contributed by atoms with Gasteiger partial charge in [-0.05, 0) is 11.6 Å². The molecule has 0 saturated carbocycles. The summed E-state index contributed by atoms with van der Waals surface area (Å²) in [5.41, 5.74) is 2.93. The molecule has 21 heavy (non-hydrogen) atoms. The zero-order valence-corrected chi connectivity index (χ0v) is 11.8. The van der Waals surface area contributed by atoms with Crippen molar-refractivity contribution in [2.24, 2.45) is 0 Å². The van der Waals surface area contributed by atoms with Crippen molar-refractivity contribution in [2.75, 3.05) is 6.54 Å². The molecule has 5 heteroatoms. The van der Waals surface area contributed by atoms with E-state index in [9.17, 15) is 4.79 Å². The van der Waals surface area contributed by atoms with E-state index in [0.717, 1.165) is 22.2 Å². The van der Waals surface area contributed by atoms with Gasteiger partial charge in [0, 0.05) is 37.0 Å². The Labute approximate surface area is 122 Å². The number of aromatic nitrogens is 2. The molecule has 0 aliphatic rings. The van der Waals surface area contributed by atoms with Crippen molar-refractivity contribution in [1.29, 1.82) is 0 Å². The van der Waals surface area contributed by atoms with E-state index in [0.29, 0.717) is 25.3 Å². The van der Waals surface area contributed by atoms with Crippen molar-refractivity contribution < 1.29 is 9.21 Å². The number of aryl methyl sites for hydroxylation is 1. The van der Waals surface area contributed by atoms with Crippen molar-refractivity contribution in [2.45, 2.75) is 19.8 Å². The maximum Gasteiger partial charge on any atom is 0.224 e. The fourth-order valence-electron chi connectivity index (χ4n) is 2.37. The molecule has 1 amide bonds. The Hall–Kier alpha value is -2.56. The van der Waals surface area contributed by atoms with E-state index in [2.05, 4.69) is 15.3 Å².